The number of carbonyl (C=O) groups is 3. The minimum Gasteiger partial charge on any atom is -0.480 e. The molecule has 7 nitrogen and oxygen atoms in total. The van der Waals surface area contributed by atoms with Crippen molar-refractivity contribution in [3.05, 3.63) is 36.5 Å². The predicted molar refractivity (Wildman–Crippen MR) is 82.0 cm³/mol. The summed E-state index contributed by atoms with van der Waals surface area (Å²) >= 11 is 0. The van der Waals surface area contributed by atoms with Crippen molar-refractivity contribution in [2.45, 2.75) is 25.8 Å². The maximum atomic E-state index is 10.5. The number of carbonyl (C=O) groups excluding carboxylic acids is 2. The highest BCUT2D eigenvalue weighted by Crippen LogP contribution is 2.09. The van der Waals surface area contributed by atoms with E-state index in [1.54, 1.807) is 0 Å². The predicted octanol–water partition coefficient (Wildman–Crippen LogP) is 1.01. The second kappa shape index (κ2) is 8.46. The molecule has 0 aliphatic rings. The van der Waals surface area contributed by atoms with Crippen molar-refractivity contribution in [1.29, 1.82) is 0 Å². The number of primary amides is 1. The van der Waals surface area contributed by atoms with Gasteiger partial charge in [-0.2, -0.15) is 0 Å². The molecule has 0 fully saturated rings. The van der Waals surface area contributed by atoms with Crippen molar-refractivity contribution < 1.29 is 19.5 Å². The topological polar surface area (TPSA) is 125 Å². The number of nitrogens with two attached hydrogens (primary N) is 1. The first-order valence-corrected chi connectivity index (χ1v) is 6.70. The number of aromatic amines is 1. The molecule has 22 heavy (non-hydrogen) atoms. The van der Waals surface area contributed by atoms with Crippen LogP contribution in [0.3, 0.4) is 0 Å². The van der Waals surface area contributed by atoms with Crippen molar-refractivity contribution in [2.24, 2.45) is 5.73 Å². The number of aliphatic carboxylic acids is 1. The second-order valence-electron chi connectivity index (χ2n) is 4.66. The third-order valence-electron chi connectivity index (χ3n) is 2.82. The molecular formula is C15H19N3O4. The standard InChI is InChI=1S/C8H7N.C7H12N2O4/c1-2-4-8-7(3-1)5-6-9-8;1-4(10)9-5(7(12)13)2-3-6(8)11/h1-6,9H;5H,2-3H2,1H3,(H2,8,11)(H,9,10)(H,12,13). The van der Waals surface area contributed by atoms with Crippen LogP contribution >= 0.6 is 0 Å². The van der Waals surface area contributed by atoms with Crippen molar-refractivity contribution in [3.8, 4) is 0 Å². The maximum absolute atomic E-state index is 10.5. The van der Waals surface area contributed by atoms with Gasteiger partial charge in [0, 0.05) is 25.1 Å². The Morgan fingerprint density at radius 1 is 1.27 bits per heavy atom. The summed E-state index contributed by atoms with van der Waals surface area (Å²) in [6.07, 6.45) is 1.91. The summed E-state index contributed by atoms with van der Waals surface area (Å²) in [7, 11) is 0. The maximum Gasteiger partial charge on any atom is 0.326 e. The van der Waals surface area contributed by atoms with Gasteiger partial charge in [-0.3, -0.25) is 9.59 Å². The fraction of sp³-hybridized carbons (Fsp3) is 0.267. The van der Waals surface area contributed by atoms with Crippen LogP contribution in [-0.2, 0) is 14.4 Å². The van der Waals surface area contributed by atoms with E-state index >= 15 is 0 Å². The number of benzene rings is 1. The molecule has 2 aromatic rings. The molecule has 1 atom stereocenters. The van der Waals surface area contributed by atoms with Gasteiger partial charge in [-0.1, -0.05) is 18.2 Å². The van der Waals surface area contributed by atoms with Gasteiger partial charge >= 0.3 is 5.97 Å². The largest absolute Gasteiger partial charge is 0.480 e. The number of H-pyrrole nitrogens is 1. The molecule has 2 amide bonds. The highest BCUT2D eigenvalue weighted by molar-refractivity contribution is 5.83. The molecule has 1 unspecified atom stereocenters. The van der Waals surface area contributed by atoms with Gasteiger partial charge in [0.2, 0.25) is 11.8 Å². The fourth-order valence-electron chi connectivity index (χ4n) is 1.78. The average molecular weight is 305 g/mol. The summed E-state index contributed by atoms with van der Waals surface area (Å²) < 4.78 is 0. The number of carboxylic acids is 1. The molecule has 1 aromatic carbocycles. The van der Waals surface area contributed by atoms with Gasteiger partial charge in [0.05, 0.1) is 0 Å². The molecular weight excluding hydrogens is 286 g/mol. The summed E-state index contributed by atoms with van der Waals surface area (Å²) in [5.41, 5.74) is 6.03. The zero-order chi connectivity index (χ0) is 16.5. The van der Waals surface area contributed by atoms with E-state index in [2.05, 4.69) is 28.5 Å². The van der Waals surface area contributed by atoms with Crippen LogP contribution in [0.25, 0.3) is 10.9 Å². The number of para-hydroxylation sites is 1. The molecule has 7 heteroatoms. The molecule has 1 aromatic heterocycles. The smallest absolute Gasteiger partial charge is 0.326 e. The summed E-state index contributed by atoms with van der Waals surface area (Å²) in [6, 6.07) is 9.25. The zero-order valence-corrected chi connectivity index (χ0v) is 12.2. The Labute approximate surface area is 127 Å². The number of aromatic nitrogens is 1. The van der Waals surface area contributed by atoms with Crippen LogP contribution in [0, 0.1) is 0 Å². The number of fused-ring (bicyclic) bond motifs is 1. The first-order valence-electron chi connectivity index (χ1n) is 6.70. The highest BCUT2D eigenvalue weighted by atomic mass is 16.4. The molecule has 0 saturated heterocycles. The van der Waals surface area contributed by atoms with Gasteiger partial charge in [0.15, 0.2) is 0 Å². The van der Waals surface area contributed by atoms with Crippen LogP contribution in [0.5, 0.6) is 0 Å². The van der Waals surface area contributed by atoms with Crippen LogP contribution in [0.4, 0.5) is 0 Å². The van der Waals surface area contributed by atoms with Gasteiger partial charge in [-0.25, -0.2) is 4.79 Å². The van der Waals surface area contributed by atoms with Crippen LogP contribution in [0.1, 0.15) is 19.8 Å². The van der Waals surface area contributed by atoms with Crippen molar-refractivity contribution >= 4 is 28.7 Å². The first-order chi connectivity index (χ1) is 10.4. The van der Waals surface area contributed by atoms with E-state index in [4.69, 9.17) is 10.8 Å². The summed E-state index contributed by atoms with van der Waals surface area (Å²) in [5.74, 6) is -2.20. The molecule has 0 aliphatic heterocycles. The lowest BCUT2D eigenvalue weighted by atomic mass is 10.1. The molecule has 5 N–H and O–H groups in total. The molecule has 0 radical (unpaired) electrons. The summed E-state index contributed by atoms with van der Waals surface area (Å²) in [5, 5.41) is 12.0. The van der Waals surface area contributed by atoms with E-state index in [0.717, 1.165) is 0 Å². The Hall–Kier alpha value is -2.83. The van der Waals surface area contributed by atoms with Gasteiger partial charge in [-0.15, -0.1) is 0 Å². The van der Waals surface area contributed by atoms with E-state index in [1.807, 2.05) is 18.3 Å². The second-order valence-corrected chi connectivity index (χ2v) is 4.66. The number of hydrogen-bond donors (Lipinski definition) is 4. The van der Waals surface area contributed by atoms with Crippen molar-refractivity contribution in [1.82, 2.24) is 10.3 Å². The SMILES string of the molecule is CC(=O)NC(CCC(N)=O)C(=O)O.c1ccc2[nH]ccc2c1. The molecule has 0 saturated carbocycles. The Balaban J connectivity index is 0.000000231. The van der Waals surface area contributed by atoms with Crippen LogP contribution < -0.4 is 11.1 Å². The number of carboxylic acid groups (broad SMARTS) is 1. The number of nitrogens with one attached hydrogen (secondary N) is 2. The van der Waals surface area contributed by atoms with E-state index in [0.29, 0.717) is 0 Å². The molecule has 118 valence electrons. The minimum atomic E-state index is -1.17. The minimum absolute atomic E-state index is 0.0181. The monoisotopic (exact) mass is 305 g/mol. The molecule has 0 bridgehead atoms. The highest BCUT2D eigenvalue weighted by Gasteiger charge is 2.18. The van der Waals surface area contributed by atoms with Gasteiger partial charge in [-0.05, 0) is 23.9 Å². The van der Waals surface area contributed by atoms with E-state index in [9.17, 15) is 14.4 Å². The Kier molecular flexibility index (Phi) is 6.62. The Bertz CT molecular complexity index is 621. The summed E-state index contributed by atoms with van der Waals surface area (Å²) in [4.78, 5) is 34.4. The van der Waals surface area contributed by atoms with Gasteiger partial charge < -0.3 is 21.1 Å². The average Bonchev–Trinajstić information content (AvgIpc) is 2.91. The van der Waals surface area contributed by atoms with Gasteiger partial charge in [0.25, 0.3) is 0 Å². The molecule has 0 aliphatic carbocycles. The Morgan fingerprint density at radius 3 is 2.50 bits per heavy atom. The lowest BCUT2D eigenvalue weighted by Gasteiger charge is -2.11. The summed E-state index contributed by atoms with van der Waals surface area (Å²) in [6.45, 7) is 1.21. The molecule has 1 heterocycles. The van der Waals surface area contributed by atoms with E-state index in [-0.39, 0.29) is 12.8 Å². The van der Waals surface area contributed by atoms with Crippen LogP contribution in [-0.4, -0.2) is 33.9 Å². The van der Waals surface area contributed by atoms with Crippen molar-refractivity contribution in [3.63, 3.8) is 0 Å². The lowest BCUT2D eigenvalue weighted by Crippen LogP contribution is -2.40. The van der Waals surface area contributed by atoms with E-state index < -0.39 is 23.8 Å². The Morgan fingerprint density at radius 2 is 1.95 bits per heavy atom. The normalized spacial score (nSPS) is 11.1. The van der Waals surface area contributed by atoms with E-state index in [1.165, 1.54) is 17.8 Å². The quantitative estimate of drug-likeness (QED) is 0.657. The number of rotatable bonds is 5. The lowest BCUT2D eigenvalue weighted by molar-refractivity contribution is -0.141. The number of amides is 2. The van der Waals surface area contributed by atoms with Gasteiger partial charge in [0.1, 0.15) is 6.04 Å². The third-order valence-corrected chi connectivity index (χ3v) is 2.82. The van der Waals surface area contributed by atoms with Crippen molar-refractivity contribution in [2.75, 3.05) is 0 Å². The van der Waals surface area contributed by atoms with Crippen LogP contribution in [0.2, 0.25) is 0 Å². The fourth-order valence-corrected chi connectivity index (χ4v) is 1.78. The molecule has 0 spiro atoms. The number of hydrogen-bond acceptors (Lipinski definition) is 3. The zero-order valence-electron chi connectivity index (χ0n) is 12.2. The van der Waals surface area contributed by atoms with Crippen LogP contribution in [0.15, 0.2) is 36.5 Å². The molecule has 2 rings (SSSR count). The third kappa shape index (κ3) is 6.08. The first kappa shape index (κ1) is 17.2.